The van der Waals surface area contributed by atoms with Crippen LogP contribution < -0.4 is 0 Å². The summed E-state index contributed by atoms with van der Waals surface area (Å²) in [6, 6.07) is 16.2. The minimum atomic E-state index is -0.214. The zero-order valence-electron chi connectivity index (χ0n) is 13.6. The summed E-state index contributed by atoms with van der Waals surface area (Å²) in [5.41, 5.74) is 2.28. The first-order chi connectivity index (χ1) is 11.0. The Balaban J connectivity index is 1.90. The molecule has 1 aliphatic rings. The molecule has 0 heterocycles. The number of ketones is 1. The molecule has 0 spiro atoms. The van der Waals surface area contributed by atoms with Crippen molar-refractivity contribution in [3.63, 3.8) is 0 Å². The molecule has 2 aromatic rings. The Kier molecular flexibility index (Phi) is 4.16. The van der Waals surface area contributed by atoms with Crippen LogP contribution in [0.5, 0.6) is 0 Å². The van der Waals surface area contributed by atoms with Crippen molar-refractivity contribution in [3.8, 4) is 0 Å². The summed E-state index contributed by atoms with van der Waals surface area (Å²) in [6.45, 7) is 4.31. The first kappa shape index (κ1) is 15.7. The Bertz CT molecular complexity index is 743. The predicted molar refractivity (Wildman–Crippen MR) is 91.7 cm³/mol. The van der Waals surface area contributed by atoms with Gasteiger partial charge in [0.15, 0.2) is 5.78 Å². The van der Waals surface area contributed by atoms with Crippen LogP contribution in [0.4, 0.5) is 4.39 Å². The molecule has 0 aliphatic heterocycles. The molecule has 0 radical (unpaired) electrons. The van der Waals surface area contributed by atoms with E-state index in [0.29, 0.717) is 12.0 Å². The van der Waals surface area contributed by atoms with Crippen LogP contribution in [-0.4, -0.2) is 5.78 Å². The van der Waals surface area contributed by atoms with Crippen molar-refractivity contribution in [1.29, 1.82) is 0 Å². The lowest BCUT2D eigenvalue weighted by atomic mass is 9.74. The van der Waals surface area contributed by atoms with Gasteiger partial charge < -0.3 is 0 Å². The van der Waals surface area contributed by atoms with Gasteiger partial charge in [0.25, 0.3) is 0 Å². The van der Waals surface area contributed by atoms with Crippen LogP contribution >= 0.6 is 0 Å². The molecule has 0 bridgehead atoms. The van der Waals surface area contributed by atoms with Crippen LogP contribution in [0.3, 0.4) is 0 Å². The SMILES string of the molecule is CC1(C)CC=C(c2ccccc2F)C1CC(=O)c1ccccc1. The summed E-state index contributed by atoms with van der Waals surface area (Å²) < 4.78 is 14.2. The second-order valence-corrected chi connectivity index (χ2v) is 6.88. The zero-order valence-corrected chi connectivity index (χ0v) is 13.6. The molecule has 0 saturated heterocycles. The highest BCUT2D eigenvalue weighted by Gasteiger charge is 2.38. The zero-order chi connectivity index (χ0) is 16.4. The lowest BCUT2D eigenvalue weighted by Gasteiger charge is -2.29. The molecule has 0 aromatic heterocycles. The fourth-order valence-corrected chi connectivity index (χ4v) is 3.39. The van der Waals surface area contributed by atoms with Crippen molar-refractivity contribution >= 4 is 11.4 Å². The van der Waals surface area contributed by atoms with E-state index in [9.17, 15) is 9.18 Å². The minimum Gasteiger partial charge on any atom is -0.294 e. The molecule has 23 heavy (non-hydrogen) atoms. The molecular weight excluding hydrogens is 287 g/mol. The van der Waals surface area contributed by atoms with Gasteiger partial charge >= 0.3 is 0 Å². The van der Waals surface area contributed by atoms with Gasteiger partial charge in [-0.3, -0.25) is 4.79 Å². The second-order valence-electron chi connectivity index (χ2n) is 6.88. The van der Waals surface area contributed by atoms with Crippen LogP contribution in [0.15, 0.2) is 60.7 Å². The topological polar surface area (TPSA) is 17.1 Å². The minimum absolute atomic E-state index is 0.0344. The standard InChI is InChI=1S/C21H21FO/c1-21(2)13-12-16(17-10-6-7-11-19(17)22)18(21)14-20(23)15-8-4-3-5-9-15/h3-12,18H,13-14H2,1-2H3. The highest BCUT2D eigenvalue weighted by Crippen LogP contribution is 2.49. The molecule has 1 aliphatic carbocycles. The monoisotopic (exact) mass is 308 g/mol. The van der Waals surface area contributed by atoms with E-state index >= 15 is 0 Å². The quantitative estimate of drug-likeness (QED) is 0.679. The summed E-state index contributed by atoms with van der Waals surface area (Å²) in [5, 5.41) is 0. The molecule has 0 fully saturated rings. The fourth-order valence-electron chi connectivity index (χ4n) is 3.39. The Morgan fingerprint density at radius 1 is 1.09 bits per heavy atom. The van der Waals surface area contributed by atoms with Crippen LogP contribution in [0, 0.1) is 17.2 Å². The van der Waals surface area contributed by atoms with E-state index in [1.807, 2.05) is 42.5 Å². The number of allylic oxidation sites excluding steroid dienone is 2. The van der Waals surface area contributed by atoms with Gasteiger partial charge in [0.2, 0.25) is 0 Å². The molecule has 1 atom stereocenters. The van der Waals surface area contributed by atoms with Crippen molar-refractivity contribution in [1.82, 2.24) is 0 Å². The van der Waals surface area contributed by atoms with Gasteiger partial charge in [-0.15, -0.1) is 0 Å². The van der Waals surface area contributed by atoms with Crippen molar-refractivity contribution < 1.29 is 9.18 Å². The number of hydrogen-bond donors (Lipinski definition) is 0. The molecule has 0 amide bonds. The fraction of sp³-hybridized carbons (Fsp3) is 0.286. The third-order valence-electron chi connectivity index (χ3n) is 4.84. The third kappa shape index (κ3) is 3.12. The van der Waals surface area contributed by atoms with Gasteiger partial charge in [-0.2, -0.15) is 0 Å². The third-order valence-corrected chi connectivity index (χ3v) is 4.84. The van der Waals surface area contributed by atoms with E-state index in [0.717, 1.165) is 17.6 Å². The number of rotatable bonds is 4. The first-order valence-electron chi connectivity index (χ1n) is 8.02. The number of carbonyl (C=O) groups excluding carboxylic acids is 1. The first-order valence-corrected chi connectivity index (χ1v) is 8.02. The summed E-state index contributed by atoms with van der Waals surface area (Å²) >= 11 is 0. The van der Waals surface area contributed by atoms with E-state index in [1.54, 1.807) is 6.07 Å². The van der Waals surface area contributed by atoms with E-state index < -0.39 is 0 Å². The van der Waals surface area contributed by atoms with Crippen molar-refractivity contribution in [3.05, 3.63) is 77.6 Å². The second kappa shape index (κ2) is 6.11. The van der Waals surface area contributed by atoms with E-state index in [1.165, 1.54) is 6.07 Å². The Labute approximate surface area is 136 Å². The van der Waals surface area contributed by atoms with Gasteiger partial charge in [-0.05, 0) is 29.4 Å². The van der Waals surface area contributed by atoms with Gasteiger partial charge in [0.1, 0.15) is 5.82 Å². The van der Waals surface area contributed by atoms with Crippen molar-refractivity contribution in [2.75, 3.05) is 0 Å². The van der Waals surface area contributed by atoms with E-state index in [-0.39, 0.29) is 22.9 Å². The average molecular weight is 308 g/mol. The number of halogens is 1. The van der Waals surface area contributed by atoms with E-state index in [2.05, 4.69) is 19.9 Å². The van der Waals surface area contributed by atoms with Gasteiger partial charge in [-0.25, -0.2) is 4.39 Å². The molecule has 2 heteroatoms. The van der Waals surface area contributed by atoms with Gasteiger partial charge in [-0.1, -0.05) is 68.5 Å². The summed E-state index contributed by atoms with van der Waals surface area (Å²) in [7, 11) is 0. The smallest absolute Gasteiger partial charge is 0.163 e. The summed E-state index contributed by atoms with van der Waals surface area (Å²) in [4.78, 5) is 12.6. The Morgan fingerprint density at radius 2 is 1.74 bits per heavy atom. The molecule has 0 saturated carbocycles. The lowest BCUT2D eigenvalue weighted by molar-refractivity contribution is 0.0943. The highest BCUT2D eigenvalue weighted by molar-refractivity contribution is 5.97. The molecule has 118 valence electrons. The lowest BCUT2D eigenvalue weighted by Crippen LogP contribution is -2.23. The Hall–Kier alpha value is -2.22. The van der Waals surface area contributed by atoms with Crippen LogP contribution in [0.25, 0.3) is 5.57 Å². The van der Waals surface area contributed by atoms with Crippen molar-refractivity contribution in [2.24, 2.45) is 11.3 Å². The van der Waals surface area contributed by atoms with Gasteiger partial charge in [0, 0.05) is 17.5 Å². The number of carbonyl (C=O) groups is 1. The molecular formula is C21H21FO. The molecule has 3 rings (SSSR count). The maximum atomic E-state index is 14.2. The van der Waals surface area contributed by atoms with Crippen LogP contribution in [-0.2, 0) is 0 Å². The van der Waals surface area contributed by atoms with E-state index in [4.69, 9.17) is 0 Å². The average Bonchev–Trinajstić information content (AvgIpc) is 2.84. The molecule has 1 nitrogen and oxygen atoms in total. The predicted octanol–water partition coefficient (Wildman–Crippen LogP) is 5.53. The normalized spacial score (nSPS) is 19.4. The van der Waals surface area contributed by atoms with Gasteiger partial charge in [0.05, 0.1) is 0 Å². The summed E-state index contributed by atoms with van der Waals surface area (Å²) in [5.74, 6) is -0.0615. The van der Waals surface area contributed by atoms with Crippen molar-refractivity contribution in [2.45, 2.75) is 26.7 Å². The number of Topliss-reactive ketones (excluding diaryl/α,β-unsaturated/α-hetero) is 1. The number of hydrogen-bond acceptors (Lipinski definition) is 1. The molecule has 0 N–H and O–H groups in total. The highest BCUT2D eigenvalue weighted by atomic mass is 19.1. The number of benzene rings is 2. The maximum absolute atomic E-state index is 14.2. The molecule has 2 aromatic carbocycles. The van der Waals surface area contributed by atoms with Crippen LogP contribution in [0.1, 0.15) is 42.6 Å². The molecule has 1 unspecified atom stereocenters. The largest absolute Gasteiger partial charge is 0.294 e. The maximum Gasteiger partial charge on any atom is 0.163 e. The van der Waals surface area contributed by atoms with Crippen LogP contribution in [0.2, 0.25) is 0 Å². The summed E-state index contributed by atoms with van der Waals surface area (Å²) in [6.07, 6.45) is 3.38. The Morgan fingerprint density at radius 3 is 2.43 bits per heavy atom.